The summed E-state index contributed by atoms with van der Waals surface area (Å²) in [5, 5.41) is 0. The van der Waals surface area contributed by atoms with Gasteiger partial charge in [-0.3, -0.25) is 0 Å². The molecule has 0 amide bonds. The van der Waals surface area contributed by atoms with Gasteiger partial charge >= 0.3 is 0 Å². The molecule has 0 aliphatic heterocycles. The van der Waals surface area contributed by atoms with Gasteiger partial charge in [0.25, 0.3) is 0 Å². The highest BCUT2D eigenvalue weighted by Gasteiger charge is 2.16. The van der Waals surface area contributed by atoms with Gasteiger partial charge in [-0.05, 0) is 17.0 Å². The zero-order valence-electron chi connectivity index (χ0n) is 8.96. The van der Waals surface area contributed by atoms with Crippen molar-refractivity contribution >= 4 is 5.69 Å². The zero-order chi connectivity index (χ0) is 10.8. The highest BCUT2D eigenvalue weighted by Crippen LogP contribution is 2.30. The maximum Gasteiger partial charge on any atom is 0.247 e. The number of hydrogen-bond donors (Lipinski definition) is 0. The van der Waals surface area contributed by atoms with Crippen LogP contribution in [0.4, 0.5) is 5.69 Å². The topological polar surface area (TPSA) is 26.5 Å². The molecular weight excluding hydrogens is 176 g/mol. The molecule has 0 radical (unpaired) electrons. The van der Waals surface area contributed by atoms with Crippen LogP contribution in [0.25, 0.3) is 4.85 Å². The number of nitrogens with zero attached hydrogens (tertiary/aromatic N) is 2. The number of methoxy groups -OCH3 is 1. The van der Waals surface area contributed by atoms with Gasteiger partial charge in [-0.25, -0.2) is 9.83 Å². The van der Waals surface area contributed by atoms with Crippen molar-refractivity contribution < 1.29 is 4.74 Å². The predicted molar refractivity (Wildman–Crippen MR) is 55.8 cm³/mol. The fraction of sp³-hybridized carbons (Fsp3) is 0.455. The summed E-state index contributed by atoms with van der Waals surface area (Å²) < 4.78 is 4.98. The van der Waals surface area contributed by atoms with Gasteiger partial charge in [-0.15, -0.1) is 0 Å². The van der Waals surface area contributed by atoms with E-state index < -0.39 is 0 Å². The van der Waals surface area contributed by atoms with Crippen molar-refractivity contribution in [3.63, 3.8) is 0 Å². The van der Waals surface area contributed by atoms with Crippen molar-refractivity contribution in [1.29, 1.82) is 0 Å². The Balaban J connectivity index is 3.23. The molecule has 0 saturated heterocycles. The Bertz CT molecular complexity index is 372. The van der Waals surface area contributed by atoms with Crippen molar-refractivity contribution in [1.82, 2.24) is 4.98 Å². The highest BCUT2D eigenvalue weighted by atomic mass is 16.5. The van der Waals surface area contributed by atoms with Crippen molar-refractivity contribution in [3.8, 4) is 5.88 Å². The molecule has 0 saturated carbocycles. The van der Waals surface area contributed by atoms with Crippen LogP contribution in [0.5, 0.6) is 5.88 Å². The molecule has 1 heterocycles. The van der Waals surface area contributed by atoms with E-state index in [-0.39, 0.29) is 5.41 Å². The molecule has 1 aromatic heterocycles. The summed E-state index contributed by atoms with van der Waals surface area (Å²) in [6, 6.07) is 1.83. The largest absolute Gasteiger partial charge is 0.490 e. The third-order valence-electron chi connectivity index (χ3n) is 2.01. The van der Waals surface area contributed by atoms with Gasteiger partial charge in [0.15, 0.2) is 0 Å². The zero-order valence-corrected chi connectivity index (χ0v) is 8.96. The Kier molecular flexibility index (Phi) is 2.76. The first-order valence-electron chi connectivity index (χ1n) is 4.41. The Labute approximate surface area is 84.6 Å². The second-order valence-corrected chi connectivity index (χ2v) is 4.11. The van der Waals surface area contributed by atoms with E-state index in [4.69, 9.17) is 11.3 Å². The van der Waals surface area contributed by atoms with Gasteiger partial charge in [-0.1, -0.05) is 20.8 Å². The van der Waals surface area contributed by atoms with Crippen LogP contribution in [0.15, 0.2) is 12.3 Å². The summed E-state index contributed by atoms with van der Waals surface area (Å²) in [4.78, 5) is 7.48. The lowest BCUT2D eigenvalue weighted by atomic mass is 9.88. The fourth-order valence-corrected chi connectivity index (χ4v) is 1.09. The molecule has 0 fully saturated rings. The van der Waals surface area contributed by atoms with E-state index in [9.17, 15) is 0 Å². The molecule has 0 aromatic carbocycles. The van der Waals surface area contributed by atoms with E-state index in [2.05, 4.69) is 30.6 Å². The number of rotatable bonds is 1. The Hall–Kier alpha value is -1.56. The molecule has 0 aliphatic carbocycles. The van der Waals surface area contributed by atoms with Crippen molar-refractivity contribution in [2.75, 3.05) is 7.11 Å². The van der Waals surface area contributed by atoms with Crippen molar-refractivity contribution in [3.05, 3.63) is 29.2 Å². The fourth-order valence-electron chi connectivity index (χ4n) is 1.09. The Morgan fingerprint density at radius 2 is 2.07 bits per heavy atom. The lowest BCUT2D eigenvalue weighted by Crippen LogP contribution is -2.11. The van der Waals surface area contributed by atoms with E-state index in [1.54, 1.807) is 6.20 Å². The summed E-state index contributed by atoms with van der Waals surface area (Å²) in [7, 11) is 1.52. The van der Waals surface area contributed by atoms with Gasteiger partial charge < -0.3 is 4.74 Å². The quantitative estimate of drug-likeness (QED) is 0.636. The van der Waals surface area contributed by atoms with Gasteiger partial charge in [-0.2, -0.15) is 0 Å². The second-order valence-electron chi connectivity index (χ2n) is 4.11. The van der Waals surface area contributed by atoms with Crippen LogP contribution in [0.1, 0.15) is 26.3 Å². The molecular formula is C11H14N2O. The van der Waals surface area contributed by atoms with Crippen LogP contribution in [-0.4, -0.2) is 12.1 Å². The molecule has 14 heavy (non-hydrogen) atoms. The molecule has 1 aromatic rings. The minimum absolute atomic E-state index is 0.0126. The number of aromatic nitrogens is 1. The average Bonchev–Trinajstić information content (AvgIpc) is 2.15. The van der Waals surface area contributed by atoms with Crippen LogP contribution in [0.3, 0.4) is 0 Å². The van der Waals surface area contributed by atoms with E-state index in [1.807, 2.05) is 6.07 Å². The highest BCUT2D eigenvalue weighted by molar-refractivity contribution is 5.55. The molecule has 1 rings (SSSR count). The molecule has 0 atom stereocenters. The summed E-state index contributed by atoms with van der Waals surface area (Å²) in [6.45, 7) is 13.3. The molecule has 3 nitrogen and oxygen atoms in total. The molecule has 3 heteroatoms. The molecule has 74 valence electrons. The predicted octanol–water partition coefficient (Wildman–Crippen LogP) is 2.94. The lowest BCUT2D eigenvalue weighted by molar-refractivity contribution is 0.399. The first-order chi connectivity index (χ1) is 6.49. The maximum atomic E-state index is 6.99. The van der Waals surface area contributed by atoms with Gasteiger partial charge in [0.2, 0.25) is 11.6 Å². The standard InChI is InChI=1S/C11H14N2O/c1-11(2,3)8-6-9(12-4)10(14-5)13-7-8/h6-7H,1-3,5H3. The van der Waals surface area contributed by atoms with Crippen molar-refractivity contribution in [2.24, 2.45) is 0 Å². The van der Waals surface area contributed by atoms with Crippen LogP contribution in [0, 0.1) is 6.57 Å². The van der Waals surface area contributed by atoms with E-state index in [0.29, 0.717) is 11.6 Å². The van der Waals surface area contributed by atoms with Crippen LogP contribution < -0.4 is 4.74 Å². The number of ether oxygens (including phenoxy) is 1. The minimum atomic E-state index is 0.0126. The molecule has 0 unspecified atom stereocenters. The smallest absolute Gasteiger partial charge is 0.247 e. The minimum Gasteiger partial charge on any atom is -0.490 e. The monoisotopic (exact) mass is 190 g/mol. The van der Waals surface area contributed by atoms with Crippen LogP contribution in [0.2, 0.25) is 0 Å². The normalized spacial score (nSPS) is 10.8. The summed E-state index contributed by atoms with van der Waals surface area (Å²) in [5.41, 5.74) is 1.53. The van der Waals surface area contributed by atoms with Crippen LogP contribution >= 0.6 is 0 Å². The van der Waals surface area contributed by atoms with Gasteiger partial charge in [0, 0.05) is 6.20 Å². The molecule has 0 N–H and O–H groups in total. The Morgan fingerprint density at radius 3 is 2.50 bits per heavy atom. The number of hydrogen-bond acceptors (Lipinski definition) is 2. The third kappa shape index (κ3) is 2.02. The Morgan fingerprint density at radius 1 is 1.43 bits per heavy atom. The summed E-state index contributed by atoms with van der Waals surface area (Å²) in [6.07, 6.45) is 1.76. The second kappa shape index (κ2) is 3.67. The SMILES string of the molecule is [C-]#[N+]c1cc(C(C)(C)C)cnc1OC. The maximum absolute atomic E-state index is 6.99. The summed E-state index contributed by atoms with van der Waals surface area (Å²) in [5.74, 6) is 0.396. The van der Waals surface area contributed by atoms with E-state index in [0.717, 1.165) is 5.56 Å². The average molecular weight is 190 g/mol. The van der Waals surface area contributed by atoms with Crippen LogP contribution in [-0.2, 0) is 5.41 Å². The first kappa shape index (κ1) is 10.5. The van der Waals surface area contributed by atoms with E-state index >= 15 is 0 Å². The van der Waals surface area contributed by atoms with Crippen molar-refractivity contribution in [2.45, 2.75) is 26.2 Å². The lowest BCUT2D eigenvalue weighted by Gasteiger charge is -2.19. The summed E-state index contributed by atoms with van der Waals surface area (Å²) >= 11 is 0. The van der Waals surface area contributed by atoms with Gasteiger partial charge in [0.05, 0.1) is 13.7 Å². The number of pyridine rings is 1. The third-order valence-corrected chi connectivity index (χ3v) is 2.01. The molecule has 0 bridgehead atoms. The van der Waals surface area contributed by atoms with Gasteiger partial charge in [0.1, 0.15) is 0 Å². The van der Waals surface area contributed by atoms with E-state index in [1.165, 1.54) is 7.11 Å². The molecule has 0 spiro atoms. The first-order valence-corrected chi connectivity index (χ1v) is 4.41. The molecule has 0 aliphatic rings.